The molecule has 19 heavy (non-hydrogen) atoms. The van der Waals surface area contributed by atoms with Crippen LogP contribution in [-0.4, -0.2) is 10.9 Å². The molecule has 0 unspecified atom stereocenters. The lowest BCUT2D eigenvalue weighted by atomic mass is 10.2. The number of pyridine rings is 1. The molecule has 1 aromatic heterocycles. The lowest BCUT2D eigenvalue weighted by Gasteiger charge is -2.09. The Kier molecular flexibility index (Phi) is 3.72. The van der Waals surface area contributed by atoms with Crippen molar-refractivity contribution in [3.05, 3.63) is 53.6 Å². The second kappa shape index (κ2) is 5.45. The van der Waals surface area contributed by atoms with Crippen molar-refractivity contribution in [2.45, 2.75) is 6.92 Å². The van der Waals surface area contributed by atoms with Crippen molar-refractivity contribution < 1.29 is 9.18 Å². The number of hydrogen-bond donors (Lipinski definition) is 3. The predicted octanol–water partition coefficient (Wildman–Crippen LogP) is 2.07. The van der Waals surface area contributed by atoms with Crippen LogP contribution in [0.2, 0.25) is 0 Å². The quantitative estimate of drug-likeness (QED) is 0.583. The zero-order chi connectivity index (χ0) is 13.8. The number of aryl methyl sites for hydroxylation is 1. The van der Waals surface area contributed by atoms with E-state index in [4.69, 9.17) is 5.84 Å². The van der Waals surface area contributed by atoms with Crippen molar-refractivity contribution in [1.29, 1.82) is 0 Å². The van der Waals surface area contributed by atoms with Crippen LogP contribution in [0, 0.1) is 12.7 Å². The van der Waals surface area contributed by atoms with E-state index < -0.39 is 11.7 Å². The fourth-order valence-corrected chi connectivity index (χ4v) is 1.58. The van der Waals surface area contributed by atoms with Crippen molar-refractivity contribution in [3.8, 4) is 0 Å². The van der Waals surface area contributed by atoms with Gasteiger partial charge in [-0.1, -0.05) is 12.1 Å². The van der Waals surface area contributed by atoms with Crippen molar-refractivity contribution in [2.24, 2.45) is 5.84 Å². The Bertz CT molecular complexity index is 578. The minimum absolute atomic E-state index is 0.162. The van der Waals surface area contributed by atoms with Crippen LogP contribution in [0.15, 0.2) is 36.5 Å². The first-order chi connectivity index (χ1) is 9.11. The van der Waals surface area contributed by atoms with Crippen molar-refractivity contribution in [3.63, 3.8) is 0 Å². The van der Waals surface area contributed by atoms with Gasteiger partial charge in [0.05, 0.1) is 17.6 Å². The number of nitrogens with one attached hydrogen (secondary N) is 2. The fraction of sp³-hybridized carbons (Fsp3) is 0.0769. The Balaban J connectivity index is 2.20. The molecule has 2 aromatic rings. The van der Waals surface area contributed by atoms with E-state index in [1.165, 1.54) is 18.3 Å². The minimum atomic E-state index is -0.478. The maximum atomic E-state index is 13.6. The summed E-state index contributed by atoms with van der Waals surface area (Å²) < 4.78 is 13.6. The summed E-state index contributed by atoms with van der Waals surface area (Å²) in [5, 5.41) is 2.50. The van der Waals surface area contributed by atoms with Crippen LogP contribution in [0.4, 0.5) is 15.8 Å². The Morgan fingerprint density at radius 3 is 2.68 bits per heavy atom. The van der Waals surface area contributed by atoms with Crippen molar-refractivity contribution in [1.82, 2.24) is 4.98 Å². The Hall–Kier alpha value is -2.47. The number of carbonyl (C=O) groups excluding carboxylic acids is 1. The third-order valence-electron chi connectivity index (χ3n) is 2.62. The molecule has 0 aliphatic rings. The highest BCUT2D eigenvalue weighted by atomic mass is 19.1. The van der Waals surface area contributed by atoms with Crippen LogP contribution in [0.1, 0.15) is 16.1 Å². The standard InChI is InChI=1S/C13H13FN4O/c1-8-3-2-4-10(14)12(8)17-13(19)11-6-5-9(18-15)7-16-11/h2-7,18H,15H2,1H3,(H,17,19). The number of aromatic nitrogens is 1. The highest BCUT2D eigenvalue weighted by molar-refractivity contribution is 6.03. The topological polar surface area (TPSA) is 80.0 Å². The lowest BCUT2D eigenvalue weighted by Crippen LogP contribution is -2.16. The molecule has 6 heteroatoms. The molecule has 1 heterocycles. The van der Waals surface area contributed by atoms with E-state index in [0.717, 1.165) is 0 Å². The number of nitrogens with zero attached hydrogens (tertiary/aromatic N) is 1. The van der Waals surface area contributed by atoms with Crippen LogP contribution < -0.4 is 16.6 Å². The Labute approximate surface area is 109 Å². The number of carbonyl (C=O) groups is 1. The number of nitrogen functional groups attached to an aromatic ring is 1. The van der Waals surface area contributed by atoms with Gasteiger partial charge >= 0.3 is 0 Å². The molecule has 0 fully saturated rings. The number of benzene rings is 1. The Morgan fingerprint density at radius 1 is 1.32 bits per heavy atom. The maximum absolute atomic E-state index is 13.6. The van der Waals surface area contributed by atoms with Crippen molar-refractivity contribution in [2.75, 3.05) is 10.7 Å². The van der Waals surface area contributed by atoms with E-state index >= 15 is 0 Å². The van der Waals surface area contributed by atoms with Gasteiger partial charge in [-0.2, -0.15) is 0 Å². The Morgan fingerprint density at radius 2 is 2.11 bits per heavy atom. The van der Waals surface area contributed by atoms with Gasteiger partial charge in [-0.15, -0.1) is 0 Å². The molecule has 1 aromatic carbocycles. The molecule has 1 amide bonds. The number of amides is 1. The SMILES string of the molecule is Cc1cccc(F)c1NC(=O)c1ccc(NN)cn1. The van der Waals surface area contributed by atoms with Crippen LogP contribution in [0.3, 0.4) is 0 Å². The highest BCUT2D eigenvalue weighted by Crippen LogP contribution is 2.19. The number of anilines is 2. The van der Waals surface area contributed by atoms with Gasteiger partial charge < -0.3 is 10.7 Å². The largest absolute Gasteiger partial charge is 0.323 e. The summed E-state index contributed by atoms with van der Waals surface area (Å²) in [5.74, 6) is 4.25. The van der Waals surface area contributed by atoms with E-state index in [1.54, 1.807) is 25.1 Å². The first-order valence-corrected chi connectivity index (χ1v) is 5.61. The average molecular weight is 260 g/mol. The molecular formula is C13H13FN4O. The van der Waals surface area contributed by atoms with Crippen molar-refractivity contribution >= 4 is 17.3 Å². The van der Waals surface area contributed by atoms with Gasteiger partial charge in [-0.3, -0.25) is 10.6 Å². The number of hydrogen-bond acceptors (Lipinski definition) is 4. The van der Waals surface area contributed by atoms with Crippen LogP contribution in [0.5, 0.6) is 0 Å². The van der Waals surface area contributed by atoms with Crippen LogP contribution >= 0.6 is 0 Å². The second-order valence-electron chi connectivity index (χ2n) is 3.96. The molecule has 0 bridgehead atoms. The summed E-state index contributed by atoms with van der Waals surface area (Å²) in [6, 6.07) is 7.70. The lowest BCUT2D eigenvalue weighted by molar-refractivity contribution is 0.102. The van der Waals surface area contributed by atoms with Gasteiger partial charge in [0.1, 0.15) is 11.5 Å². The second-order valence-corrected chi connectivity index (χ2v) is 3.96. The van der Waals surface area contributed by atoms with Gasteiger partial charge in [0, 0.05) is 0 Å². The third-order valence-corrected chi connectivity index (χ3v) is 2.62. The monoisotopic (exact) mass is 260 g/mol. The minimum Gasteiger partial charge on any atom is -0.323 e. The normalized spacial score (nSPS) is 10.1. The molecule has 5 nitrogen and oxygen atoms in total. The molecule has 2 rings (SSSR count). The predicted molar refractivity (Wildman–Crippen MR) is 71.1 cm³/mol. The van der Waals surface area contributed by atoms with E-state index in [9.17, 15) is 9.18 Å². The molecule has 0 spiro atoms. The van der Waals surface area contributed by atoms with E-state index in [1.807, 2.05) is 0 Å². The van der Waals surface area contributed by atoms with Crippen LogP contribution in [0.25, 0.3) is 0 Å². The van der Waals surface area contributed by atoms with Crippen LogP contribution in [-0.2, 0) is 0 Å². The summed E-state index contributed by atoms with van der Waals surface area (Å²) in [7, 11) is 0. The summed E-state index contributed by atoms with van der Waals surface area (Å²) in [5.41, 5.74) is 3.98. The maximum Gasteiger partial charge on any atom is 0.274 e. The number of para-hydroxylation sites is 1. The molecular weight excluding hydrogens is 247 g/mol. The van der Waals surface area contributed by atoms with E-state index in [0.29, 0.717) is 11.3 Å². The van der Waals surface area contributed by atoms with E-state index in [-0.39, 0.29) is 11.4 Å². The zero-order valence-corrected chi connectivity index (χ0v) is 10.3. The van der Waals surface area contributed by atoms with Gasteiger partial charge in [-0.25, -0.2) is 9.37 Å². The molecule has 4 N–H and O–H groups in total. The van der Waals surface area contributed by atoms with E-state index in [2.05, 4.69) is 15.7 Å². The summed E-state index contributed by atoms with van der Waals surface area (Å²) in [6.07, 6.45) is 1.42. The molecule has 0 aliphatic carbocycles. The molecule has 0 atom stereocenters. The summed E-state index contributed by atoms with van der Waals surface area (Å²) in [4.78, 5) is 15.9. The molecule has 0 aliphatic heterocycles. The number of hydrazine groups is 1. The number of rotatable bonds is 3. The number of nitrogens with two attached hydrogens (primary N) is 1. The molecule has 0 saturated carbocycles. The highest BCUT2D eigenvalue weighted by Gasteiger charge is 2.12. The van der Waals surface area contributed by atoms with Gasteiger partial charge in [0.2, 0.25) is 0 Å². The first-order valence-electron chi connectivity index (χ1n) is 5.61. The van der Waals surface area contributed by atoms with Gasteiger partial charge in [-0.05, 0) is 30.7 Å². The zero-order valence-electron chi connectivity index (χ0n) is 10.3. The molecule has 0 saturated heterocycles. The average Bonchev–Trinajstić information content (AvgIpc) is 2.43. The fourth-order valence-electron chi connectivity index (χ4n) is 1.58. The number of halogens is 1. The van der Waals surface area contributed by atoms with Gasteiger partial charge in [0.25, 0.3) is 5.91 Å². The third kappa shape index (κ3) is 2.86. The van der Waals surface area contributed by atoms with Gasteiger partial charge in [0.15, 0.2) is 0 Å². The molecule has 98 valence electrons. The first kappa shape index (κ1) is 13.0. The molecule has 0 radical (unpaired) electrons. The smallest absolute Gasteiger partial charge is 0.274 e. The summed E-state index contributed by atoms with van der Waals surface area (Å²) in [6.45, 7) is 1.72. The summed E-state index contributed by atoms with van der Waals surface area (Å²) >= 11 is 0.